The van der Waals surface area contributed by atoms with Crippen molar-refractivity contribution in [2.75, 3.05) is 0 Å². The molecule has 9 heavy (non-hydrogen) atoms. The SMILES string of the molecule is O=Cc1[nH]oc(=O)c1Br. The Morgan fingerprint density at radius 3 is 2.56 bits per heavy atom. The number of rotatable bonds is 1. The Bertz CT molecular complexity index is 274. The number of nitrogens with one attached hydrogen (secondary N) is 1. The van der Waals surface area contributed by atoms with Crippen LogP contribution in [0, 0.1) is 0 Å². The number of hydrogen-bond donors (Lipinski definition) is 1. The Kier molecular flexibility index (Phi) is 1.52. The van der Waals surface area contributed by atoms with E-state index >= 15 is 0 Å². The highest BCUT2D eigenvalue weighted by atomic mass is 79.9. The van der Waals surface area contributed by atoms with Gasteiger partial charge in [0.15, 0.2) is 6.29 Å². The van der Waals surface area contributed by atoms with Crippen molar-refractivity contribution in [3.8, 4) is 0 Å². The molecule has 5 heteroatoms. The molecule has 0 spiro atoms. The van der Waals surface area contributed by atoms with Crippen LogP contribution in [-0.2, 0) is 0 Å². The molecule has 0 aromatic carbocycles. The van der Waals surface area contributed by atoms with Crippen molar-refractivity contribution in [3.63, 3.8) is 0 Å². The highest BCUT2D eigenvalue weighted by Crippen LogP contribution is 2.05. The fourth-order valence-electron chi connectivity index (χ4n) is 0.377. The van der Waals surface area contributed by atoms with E-state index in [9.17, 15) is 9.59 Å². The number of carbonyl (C=O) groups excluding carboxylic acids is 1. The van der Waals surface area contributed by atoms with Gasteiger partial charge in [-0.15, -0.1) is 0 Å². The zero-order valence-corrected chi connectivity index (χ0v) is 5.77. The number of aldehydes is 1. The predicted molar refractivity (Wildman–Crippen MR) is 32.4 cm³/mol. The Hall–Kier alpha value is -0.840. The molecule has 4 nitrogen and oxygen atoms in total. The van der Waals surface area contributed by atoms with Crippen molar-refractivity contribution in [2.24, 2.45) is 0 Å². The van der Waals surface area contributed by atoms with Gasteiger partial charge in [-0.05, 0) is 15.9 Å². The molecule has 0 saturated heterocycles. The summed E-state index contributed by atoms with van der Waals surface area (Å²) in [5, 5.41) is 2.12. The van der Waals surface area contributed by atoms with E-state index in [1.54, 1.807) is 0 Å². The maximum Gasteiger partial charge on any atom is 0.372 e. The van der Waals surface area contributed by atoms with Crippen molar-refractivity contribution >= 4 is 22.2 Å². The topological polar surface area (TPSA) is 63.1 Å². The lowest BCUT2D eigenvalue weighted by atomic mass is 10.5. The zero-order valence-electron chi connectivity index (χ0n) is 4.18. The van der Waals surface area contributed by atoms with Crippen molar-refractivity contribution in [3.05, 3.63) is 20.6 Å². The lowest BCUT2D eigenvalue weighted by molar-refractivity contribution is 0.111. The van der Waals surface area contributed by atoms with Crippen LogP contribution >= 0.6 is 15.9 Å². The van der Waals surface area contributed by atoms with Gasteiger partial charge in [0.05, 0.1) is 0 Å². The molecule has 0 saturated carbocycles. The second-order valence-corrected chi connectivity index (χ2v) is 2.13. The standard InChI is InChI=1S/C4H2BrNO3/c5-3-2(1-7)6-9-4(3)8/h1,6H. The summed E-state index contributed by atoms with van der Waals surface area (Å²) in [5.74, 6) is 0. The second kappa shape index (κ2) is 2.18. The molecule has 1 aromatic rings. The first-order valence-corrected chi connectivity index (χ1v) is 2.87. The molecular weight excluding hydrogens is 190 g/mol. The van der Waals surface area contributed by atoms with E-state index in [4.69, 9.17) is 0 Å². The van der Waals surface area contributed by atoms with Gasteiger partial charge in [0.2, 0.25) is 0 Å². The Labute approximate surface area is 58.0 Å². The minimum Gasteiger partial charge on any atom is -0.337 e. The van der Waals surface area contributed by atoms with Crippen molar-refractivity contribution in [2.45, 2.75) is 0 Å². The largest absolute Gasteiger partial charge is 0.372 e. The number of aromatic nitrogens is 1. The molecule has 1 aromatic heterocycles. The van der Waals surface area contributed by atoms with Crippen molar-refractivity contribution in [1.29, 1.82) is 0 Å². The summed E-state index contributed by atoms with van der Waals surface area (Å²) in [7, 11) is 0. The summed E-state index contributed by atoms with van der Waals surface area (Å²) < 4.78 is 4.36. The van der Waals surface area contributed by atoms with Crippen LogP contribution in [-0.4, -0.2) is 11.4 Å². The van der Waals surface area contributed by atoms with Crippen LogP contribution in [0.2, 0.25) is 0 Å². The Morgan fingerprint density at radius 1 is 1.67 bits per heavy atom. The van der Waals surface area contributed by atoms with E-state index < -0.39 is 5.63 Å². The molecule has 0 amide bonds. The number of carbonyl (C=O) groups is 1. The molecule has 0 aliphatic carbocycles. The third-order valence-corrected chi connectivity index (χ3v) is 1.54. The van der Waals surface area contributed by atoms with E-state index in [0.717, 1.165) is 0 Å². The van der Waals surface area contributed by atoms with E-state index in [0.29, 0.717) is 6.29 Å². The first-order valence-electron chi connectivity index (χ1n) is 2.08. The molecule has 0 fully saturated rings. The molecule has 0 radical (unpaired) electrons. The van der Waals surface area contributed by atoms with Crippen molar-refractivity contribution in [1.82, 2.24) is 5.16 Å². The first kappa shape index (κ1) is 6.28. The predicted octanol–water partition coefficient (Wildman–Crippen LogP) is 0.543. The van der Waals surface area contributed by atoms with Gasteiger partial charge in [-0.1, -0.05) is 0 Å². The van der Waals surface area contributed by atoms with Crippen LogP contribution < -0.4 is 5.63 Å². The third-order valence-electron chi connectivity index (χ3n) is 0.787. The molecule has 48 valence electrons. The maximum absolute atomic E-state index is 10.4. The van der Waals surface area contributed by atoms with Crippen LogP contribution in [0.1, 0.15) is 10.5 Å². The molecule has 0 bridgehead atoms. The van der Waals surface area contributed by atoms with Gasteiger partial charge in [0.25, 0.3) is 0 Å². The van der Waals surface area contributed by atoms with Crippen LogP contribution in [0.4, 0.5) is 0 Å². The van der Waals surface area contributed by atoms with E-state index in [-0.39, 0.29) is 10.2 Å². The Balaban J connectivity index is 3.35. The van der Waals surface area contributed by atoms with Crippen molar-refractivity contribution < 1.29 is 9.32 Å². The second-order valence-electron chi connectivity index (χ2n) is 1.34. The minimum absolute atomic E-state index is 0.125. The quantitative estimate of drug-likeness (QED) is 0.660. The molecule has 0 aliphatic rings. The molecule has 1 rings (SSSR count). The highest BCUT2D eigenvalue weighted by molar-refractivity contribution is 9.10. The maximum atomic E-state index is 10.4. The summed E-state index contributed by atoms with van der Waals surface area (Å²) in [5.41, 5.74) is -0.447. The summed E-state index contributed by atoms with van der Waals surface area (Å²) in [6.07, 6.45) is 0.495. The lowest BCUT2D eigenvalue weighted by Gasteiger charge is -1.72. The average molecular weight is 192 g/mol. The number of hydrogen-bond acceptors (Lipinski definition) is 3. The number of H-pyrrole nitrogens is 1. The van der Waals surface area contributed by atoms with Gasteiger partial charge in [-0.2, -0.15) is 0 Å². The molecule has 0 unspecified atom stereocenters. The highest BCUT2D eigenvalue weighted by Gasteiger charge is 2.05. The molecule has 1 N–H and O–H groups in total. The van der Waals surface area contributed by atoms with Gasteiger partial charge >= 0.3 is 5.63 Å². The lowest BCUT2D eigenvalue weighted by Crippen LogP contribution is -1.91. The first-order chi connectivity index (χ1) is 4.25. The fraction of sp³-hybridized carbons (Fsp3) is 0. The summed E-state index contributed by atoms with van der Waals surface area (Å²) in [6.45, 7) is 0. The Morgan fingerprint density at radius 2 is 2.33 bits per heavy atom. The van der Waals surface area contributed by atoms with Gasteiger partial charge in [0, 0.05) is 0 Å². The molecule has 1 heterocycles. The van der Waals surface area contributed by atoms with E-state index in [1.807, 2.05) is 0 Å². The minimum atomic E-state index is -0.572. The molecular formula is C4H2BrNO3. The summed E-state index contributed by atoms with van der Waals surface area (Å²) in [6, 6.07) is 0. The summed E-state index contributed by atoms with van der Waals surface area (Å²) in [4.78, 5) is 20.4. The zero-order chi connectivity index (χ0) is 6.85. The van der Waals surface area contributed by atoms with Gasteiger partial charge in [0.1, 0.15) is 10.2 Å². The van der Waals surface area contributed by atoms with Crippen LogP contribution in [0.5, 0.6) is 0 Å². The molecule has 0 atom stereocenters. The van der Waals surface area contributed by atoms with Crippen LogP contribution in [0.25, 0.3) is 0 Å². The monoisotopic (exact) mass is 191 g/mol. The summed E-state index contributed by atoms with van der Waals surface area (Å²) >= 11 is 2.84. The van der Waals surface area contributed by atoms with E-state index in [2.05, 4.69) is 25.6 Å². The number of aromatic amines is 1. The van der Waals surface area contributed by atoms with Crippen LogP contribution in [0.3, 0.4) is 0 Å². The van der Waals surface area contributed by atoms with Gasteiger partial charge in [-0.25, -0.2) is 9.95 Å². The normalized spacial score (nSPS) is 9.44. The van der Waals surface area contributed by atoms with Gasteiger partial charge < -0.3 is 4.52 Å². The fourth-order valence-corrected chi connectivity index (χ4v) is 0.632. The average Bonchev–Trinajstić information content (AvgIpc) is 2.15. The van der Waals surface area contributed by atoms with E-state index in [1.165, 1.54) is 0 Å². The van der Waals surface area contributed by atoms with Crippen LogP contribution in [0.15, 0.2) is 13.8 Å². The number of halogens is 1. The smallest absolute Gasteiger partial charge is 0.337 e. The molecule has 0 aliphatic heterocycles. The third kappa shape index (κ3) is 0.951. The van der Waals surface area contributed by atoms with Gasteiger partial charge in [-0.3, -0.25) is 4.79 Å².